The van der Waals surface area contributed by atoms with E-state index in [4.69, 9.17) is 0 Å². The minimum absolute atomic E-state index is 0.115. The van der Waals surface area contributed by atoms with Gasteiger partial charge in [-0.1, -0.05) is 12.1 Å². The molecule has 1 aliphatic heterocycles. The zero-order valence-electron chi connectivity index (χ0n) is 10.6. The Bertz CT molecular complexity index is 561. The van der Waals surface area contributed by atoms with Crippen molar-refractivity contribution in [2.45, 2.75) is 32.1 Å². The molecule has 0 unspecified atom stereocenters. The van der Waals surface area contributed by atoms with Crippen LogP contribution < -0.4 is 0 Å². The molecule has 1 heterocycles. The summed E-state index contributed by atoms with van der Waals surface area (Å²) >= 11 is 0. The minimum atomic E-state index is -0.237. The molecule has 98 valence electrons. The quantitative estimate of drug-likeness (QED) is 0.609. The van der Waals surface area contributed by atoms with Gasteiger partial charge in [-0.25, -0.2) is 0 Å². The van der Waals surface area contributed by atoms with Crippen LogP contribution in [-0.4, -0.2) is 29.0 Å². The number of carbonyl (C=O) groups excluding carboxylic acids is 3. The summed E-state index contributed by atoms with van der Waals surface area (Å²) in [7, 11) is 0. The highest BCUT2D eigenvalue weighted by Gasteiger charge is 2.30. The predicted octanol–water partition coefficient (Wildman–Crippen LogP) is 1.51. The Balaban J connectivity index is 1.77. The first-order valence-corrected chi connectivity index (χ1v) is 6.63. The van der Waals surface area contributed by atoms with Crippen LogP contribution in [0.25, 0.3) is 0 Å². The van der Waals surface area contributed by atoms with Gasteiger partial charge in [0.2, 0.25) is 11.8 Å². The van der Waals surface area contributed by atoms with E-state index in [0.29, 0.717) is 5.56 Å². The van der Waals surface area contributed by atoms with Crippen LogP contribution in [0.1, 0.15) is 40.7 Å². The average molecular weight is 257 g/mol. The van der Waals surface area contributed by atoms with Gasteiger partial charge in [-0.3, -0.25) is 19.3 Å². The fourth-order valence-electron chi connectivity index (χ4n) is 2.78. The lowest BCUT2D eigenvalue weighted by molar-refractivity contribution is -0.137. The van der Waals surface area contributed by atoms with Gasteiger partial charge >= 0.3 is 0 Å². The molecule has 2 amide bonds. The molecule has 0 aromatic heterocycles. The average Bonchev–Trinajstić information content (AvgIpc) is 2.99. The maximum Gasteiger partial charge on any atom is 0.230 e. The van der Waals surface area contributed by atoms with Crippen LogP contribution in [-0.2, 0) is 22.4 Å². The third kappa shape index (κ3) is 2.18. The lowest BCUT2D eigenvalue weighted by Crippen LogP contribution is -2.34. The standard InChI is InChI=1S/C15H15NO3/c17-13(9-16-14(18)6-7-15(16)19)12-5-4-10-2-1-3-11(10)8-12/h4-5,8H,1-3,6-7,9H2. The molecule has 0 N–H and O–H groups in total. The normalized spacial score (nSPS) is 18.0. The van der Waals surface area contributed by atoms with Crippen molar-refractivity contribution in [3.8, 4) is 0 Å². The molecule has 1 aliphatic carbocycles. The van der Waals surface area contributed by atoms with Crippen molar-refractivity contribution >= 4 is 17.6 Å². The van der Waals surface area contributed by atoms with Gasteiger partial charge in [0.25, 0.3) is 0 Å². The minimum Gasteiger partial charge on any atom is -0.292 e. The highest BCUT2D eigenvalue weighted by molar-refractivity contribution is 6.07. The van der Waals surface area contributed by atoms with Crippen molar-refractivity contribution < 1.29 is 14.4 Å². The molecule has 2 aliphatic rings. The van der Waals surface area contributed by atoms with Gasteiger partial charge in [-0.2, -0.15) is 0 Å². The summed E-state index contributed by atoms with van der Waals surface area (Å²) in [6.07, 6.45) is 3.69. The fourth-order valence-corrected chi connectivity index (χ4v) is 2.78. The summed E-state index contributed by atoms with van der Waals surface area (Å²) in [5, 5.41) is 0. The highest BCUT2D eigenvalue weighted by atomic mass is 16.2. The van der Waals surface area contributed by atoms with E-state index in [1.807, 2.05) is 12.1 Å². The number of hydrogen-bond acceptors (Lipinski definition) is 3. The molecular weight excluding hydrogens is 242 g/mol. The number of nitrogens with zero attached hydrogens (tertiary/aromatic N) is 1. The van der Waals surface area contributed by atoms with Gasteiger partial charge in [-0.05, 0) is 36.5 Å². The van der Waals surface area contributed by atoms with Gasteiger partial charge < -0.3 is 0 Å². The Labute approximate surface area is 111 Å². The molecule has 0 saturated carbocycles. The molecular formula is C15H15NO3. The Morgan fingerprint density at radius 3 is 2.42 bits per heavy atom. The maximum absolute atomic E-state index is 12.1. The predicted molar refractivity (Wildman–Crippen MR) is 68.8 cm³/mol. The first-order valence-electron chi connectivity index (χ1n) is 6.63. The van der Waals surface area contributed by atoms with Crippen molar-refractivity contribution in [2.24, 2.45) is 0 Å². The van der Waals surface area contributed by atoms with Gasteiger partial charge in [0.15, 0.2) is 5.78 Å². The number of aryl methyl sites for hydroxylation is 2. The van der Waals surface area contributed by atoms with Gasteiger partial charge in [0.05, 0.1) is 6.54 Å². The summed E-state index contributed by atoms with van der Waals surface area (Å²) in [5.41, 5.74) is 3.14. The largest absolute Gasteiger partial charge is 0.292 e. The summed E-state index contributed by atoms with van der Waals surface area (Å²) in [5.74, 6) is -0.627. The van der Waals surface area contributed by atoms with Crippen LogP contribution in [0.4, 0.5) is 0 Å². The number of imide groups is 1. The van der Waals surface area contributed by atoms with Crippen molar-refractivity contribution in [1.82, 2.24) is 4.90 Å². The molecule has 4 heteroatoms. The second-order valence-electron chi connectivity index (χ2n) is 5.13. The van der Waals surface area contributed by atoms with Crippen LogP contribution >= 0.6 is 0 Å². The van der Waals surface area contributed by atoms with Crippen LogP contribution in [0.3, 0.4) is 0 Å². The van der Waals surface area contributed by atoms with E-state index in [-0.39, 0.29) is 37.0 Å². The van der Waals surface area contributed by atoms with E-state index in [9.17, 15) is 14.4 Å². The van der Waals surface area contributed by atoms with E-state index in [1.54, 1.807) is 6.07 Å². The first-order chi connectivity index (χ1) is 9.15. The van der Waals surface area contributed by atoms with E-state index in [0.717, 1.165) is 24.2 Å². The third-order valence-electron chi connectivity index (χ3n) is 3.88. The second-order valence-corrected chi connectivity index (χ2v) is 5.13. The number of amides is 2. The number of likely N-dealkylation sites (tertiary alicyclic amines) is 1. The molecule has 0 atom stereocenters. The Kier molecular flexibility index (Phi) is 2.93. The van der Waals surface area contributed by atoms with Crippen molar-refractivity contribution in [3.05, 3.63) is 34.9 Å². The molecule has 19 heavy (non-hydrogen) atoms. The first kappa shape index (κ1) is 12.1. The molecule has 0 radical (unpaired) electrons. The molecule has 0 spiro atoms. The third-order valence-corrected chi connectivity index (χ3v) is 3.88. The smallest absolute Gasteiger partial charge is 0.230 e. The van der Waals surface area contributed by atoms with Crippen LogP contribution in [0.15, 0.2) is 18.2 Å². The van der Waals surface area contributed by atoms with Crippen LogP contribution in [0, 0.1) is 0 Å². The van der Waals surface area contributed by atoms with Gasteiger partial charge in [-0.15, -0.1) is 0 Å². The summed E-state index contributed by atoms with van der Waals surface area (Å²) in [4.78, 5) is 36.2. The van der Waals surface area contributed by atoms with Crippen LogP contribution in [0.2, 0.25) is 0 Å². The molecule has 0 bridgehead atoms. The molecule has 1 aromatic carbocycles. The molecule has 4 nitrogen and oxygen atoms in total. The molecule has 1 aromatic rings. The van der Waals surface area contributed by atoms with E-state index < -0.39 is 0 Å². The van der Waals surface area contributed by atoms with Crippen molar-refractivity contribution in [3.63, 3.8) is 0 Å². The lowest BCUT2D eigenvalue weighted by Gasteiger charge is -2.13. The number of ketones is 1. The van der Waals surface area contributed by atoms with Crippen molar-refractivity contribution in [1.29, 1.82) is 0 Å². The summed E-state index contributed by atoms with van der Waals surface area (Å²) < 4.78 is 0. The zero-order chi connectivity index (χ0) is 13.4. The molecule has 1 fully saturated rings. The monoisotopic (exact) mass is 257 g/mol. The number of benzene rings is 1. The number of hydrogen-bond donors (Lipinski definition) is 0. The Morgan fingerprint density at radius 2 is 1.68 bits per heavy atom. The van der Waals surface area contributed by atoms with Crippen molar-refractivity contribution in [2.75, 3.05) is 6.54 Å². The van der Waals surface area contributed by atoms with E-state index in [1.165, 1.54) is 11.1 Å². The second kappa shape index (κ2) is 4.61. The summed E-state index contributed by atoms with van der Waals surface area (Å²) in [6, 6.07) is 5.70. The Morgan fingerprint density at radius 1 is 1.00 bits per heavy atom. The van der Waals surface area contributed by atoms with E-state index >= 15 is 0 Å². The molecule has 1 saturated heterocycles. The number of fused-ring (bicyclic) bond motifs is 1. The number of carbonyl (C=O) groups is 3. The SMILES string of the molecule is O=C(CN1C(=O)CCC1=O)c1ccc2c(c1)CCC2. The molecule has 3 rings (SSSR count). The topological polar surface area (TPSA) is 54.5 Å². The lowest BCUT2D eigenvalue weighted by atomic mass is 10.0. The fraction of sp³-hybridized carbons (Fsp3) is 0.400. The Hall–Kier alpha value is -1.97. The van der Waals surface area contributed by atoms with Gasteiger partial charge in [0, 0.05) is 18.4 Å². The number of Topliss-reactive ketones (excluding diaryl/α,β-unsaturated/α-hetero) is 1. The van der Waals surface area contributed by atoms with Crippen LogP contribution in [0.5, 0.6) is 0 Å². The maximum atomic E-state index is 12.1. The highest BCUT2D eigenvalue weighted by Crippen LogP contribution is 2.23. The van der Waals surface area contributed by atoms with Gasteiger partial charge in [0.1, 0.15) is 0 Å². The number of rotatable bonds is 3. The zero-order valence-corrected chi connectivity index (χ0v) is 10.6. The van der Waals surface area contributed by atoms with E-state index in [2.05, 4.69) is 0 Å². The summed E-state index contributed by atoms with van der Waals surface area (Å²) in [6.45, 7) is -0.115.